The van der Waals surface area contributed by atoms with Crippen LogP contribution in [0.4, 0.5) is 5.69 Å². The molecule has 0 spiro atoms. The molecule has 0 bridgehead atoms. The maximum Gasteiger partial charge on any atom is 0.273 e. The first-order chi connectivity index (χ1) is 9.38. The number of amides is 1. The molecule has 6 nitrogen and oxygen atoms in total. The van der Waals surface area contributed by atoms with Crippen LogP contribution >= 0.6 is 0 Å². The van der Waals surface area contributed by atoms with Crippen LogP contribution in [0.5, 0.6) is 0 Å². The molecular formula is C14H27N5O. The van der Waals surface area contributed by atoms with Gasteiger partial charge in [-0.25, -0.2) is 0 Å². The van der Waals surface area contributed by atoms with E-state index < -0.39 is 0 Å². The molecule has 0 saturated carbocycles. The Bertz CT molecular complexity index is 441. The van der Waals surface area contributed by atoms with Crippen molar-refractivity contribution in [3.8, 4) is 0 Å². The number of carbonyl (C=O) groups is 1. The summed E-state index contributed by atoms with van der Waals surface area (Å²) in [7, 11) is 2.06. The number of H-pyrrole nitrogens is 1. The lowest BCUT2D eigenvalue weighted by Gasteiger charge is -2.23. The number of likely N-dealkylation sites (N-methyl/N-ethyl adjacent to an activating group) is 1. The van der Waals surface area contributed by atoms with E-state index in [1.165, 1.54) is 0 Å². The number of carbonyl (C=O) groups excluding carboxylic acids is 1. The molecule has 0 aliphatic carbocycles. The predicted octanol–water partition coefficient (Wildman–Crippen LogP) is 1.58. The van der Waals surface area contributed by atoms with Crippen LogP contribution in [-0.2, 0) is 0 Å². The Hall–Kier alpha value is -1.56. The summed E-state index contributed by atoms with van der Waals surface area (Å²) in [6.45, 7) is 9.73. The zero-order chi connectivity index (χ0) is 15.3. The van der Waals surface area contributed by atoms with Crippen molar-refractivity contribution in [2.45, 2.75) is 46.1 Å². The molecule has 0 aromatic carbocycles. The van der Waals surface area contributed by atoms with Crippen LogP contribution in [0.2, 0.25) is 0 Å². The van der Waals surface area contributed by atoms with Gasteiger partial charge in [0, 0.05) is 19.1 Å². The molecule has 0 saturated heterocycles. The number of aromatic nitrogens is 2. The summed E-state index contributed by atoms with van der Waals surface area (Å²) >= 11 is 0. The van der Waals surface area contributed by atoms with Crippen LogP contribution in [0.15, 0.2) is 0 Å². The standard InChI is InChI=1S/C14H27N5O/c1-6-10(4)19(5)8-7-16-14(20)13-11(15)12(9(2)3)17-18-13/h9-10H,6-8,15H2,1-5H3,(H,16,20)(H,17,18). The lowest BCUT2D eigenvalue weighted by atomic mass is 10.1. The van der Waals surface area contributed by atoms with Gasteiger partial charge in [-0.3, -0.25) is 9.89 Å². The molecule has 1 rings (SSSR count). The topological polar surface area (TPSA) is 87.0 Å². The molecule has 1 amide bonds. The molecular weight excluding hydrogens is 254 g/mol. The molecule has 1 unspecified atom stereocenters. The third-order valence-electron chi connectivity index (χ3n) is 3.72. The van der Waals surface area contributed by atoms with Gasteiger partial charge in [-0.15, -0.1) is 0 Å². The summed E-state index contributed by atoms with van der Waals surface area (Å²) in [5.74, 6) is 0.00351. The molecule has 1 aromatic heterocycles. The van der Waals surface area contributed by atoms with Crippen LogP contribution < -0.4 is 11.1 Å². The van der Waals surface area contributed by atoms with Gasteiger partial charge in [0.1, 0.15) is 0 Å². The lowest BCUT2D eigenvalue weighted by molar-refractivity contribution is 0.0943. The van der Waals surface area contributed by atoms with Crippen LogP contribution in [0.3, 0.4) is 0 Å². The number of anilines is 1. The first-order valence-corrected chi connectivity index (χ1v) is 7.20. The number of nitrogen functional groups attached to an aromatic ring is 1. The molecule has 1 atom stereocenters. The highest BCUT2D eigenvalue weighted by molar-refractivity contribution is 5.97. The van der Waals surface area contributed by atoms with E-state index in [4.69, 9.17) is 5.73 Å². The Morgan fingerprint density at radius 3 is 2.60 bits per heavy atom. The summed E-state index contributed by atoms with van der Waals surface area (Å²) < 4.78 is 0. The SMILES string of the molecule is CCC(C)N(C)CCNC(=O)c1n[nH]c(C(C)C)c1N. The monoisotopic (exact) mass is 281 g/mol. The molecule has 114 valence electrons. The highest BCUT2D eigenvalue weighted by Crippen LogP contribution is 2.21. The second-order valence-electron chi connectivity index (χ2n) is 5.55. The van der Waals surface area contributed by atoms with E-state index in [0.29, 0.717) is 24.0 Å². The Balaban J connectivity index is 2.52. The molecule has 0 aliphatic rings. The van der Waals surface area contributed by atoms with Gasteiger partial charge >= 0.3 is 0 Å². The molecule has 0 aliphatic heterocycles. The van der Waals surface area contributed by atoms with Crippen molar-refractivity contribution < 1.29 is 4.79 Å². The normalized spacial score (nSPS) is 12.9. The van der Waals surface area contributed by atoms with Crippen molar-refractivity contribution >= 4 is 11.6 Å². The van der Waals surface area contributed by atoms with Crippen molar-refractivity contribution in [3.63, 3.8) is 0 Å². The molecule has 0 fully saturated rings. The highest BCUT2D eigenvalue weighted by atomic mass is 16.1. The Kier molecular flexibility index (Phi) is 6.01. The summed E-state index contributed by atoms with van der Waals surface area (Å²) in [6, 6.07) is 0.509. The zero-order valence-electron chi connectivity index (χ0n) is 13.2. The number of hydrogen-bond acceptors (Lipinski definition) is 4. The fourth-order valence-corrected chi connectivity index (χ4v) is 1.94. The van der Waals surface area contributed by atoms with Crippen molar-refractivity contribution in [1.29, 1.82) is 0 Å². The number of hydrogen-bond donors (Lipinski definition) is 3. The third-order valence-corrected chi connectivity index (χ3v) is 3.72. The van der Waals surface area contributed by atoms with E-state index >= 15 is 0 Å². The van der Waals surface area contributed by atoms with Crippen molar-refractivity contribution in [3.05, 3.63) is 11.4 Å². The van der Waals surface area contributed by atoms with Crippen LogP contribution in [0.25, 0.3) is 0 Å². The van der Waals surface area contributed by atoms with Crippen molar-refractivity contribution in [2.24, 2.45) is 0 Å². The molecule has 1 aromatic rings. The van der Waals surface area contributed by atoms with E-state index in [2.05, 4.69) is 41.3 Å². The van der Waals surface area contributed by atoms with Gasteiger partial charge in [-0.05, 0) is 26.3 Å². The van der Waals surface area contributed by atoms with Gasteiger partial charge in [0.2, 0.25) is 0 Å². The summed E-state index contributed by atoms with van der Waals surface area (Å²) in [4.78, 5) is 14.2. The van der Waals surface area contributed by atoms with E-state index in [0.717, 1.165) is 18.7 Å². The highest BCUT2D eigenvalue weighted by Gasteiger charge is 2.18. The Labute approximate surface area is 121 Å². The molecule has 6 heteroatoms. The van der Waals surface area contributed by atoms with Crippen molar-refractivity contribution in [1.82, 2.24) is 20.4 Å². The maximum absolute atomic E-state index is 12.0. The van der Waals surface area contributed by atoms with E-state index in [9.17, 15) is 4.79 Å². The van der Waals surface area contributed by atoms with Gasteiger partial charge < -0.3 is 16.0 Å². The predicted molar refractivity (Wildman–Crippen MR) is 81.8 cm³/mol. The number of nitrogens with one attached hydrogen (secondary N) is 2. The smallest absolute Gasteiger partial charge is 0.273 e. The fraction of sp³-hybridized carbons (Fsp3) is 0.714. The minimum atomic E-state index is -0.219. The maximum atomic E-state index is 12.0. The number of rotatable bonds is 7. The number of nitrogens with zero attached hydrogens (tertiary/aromatic N) is 2. The zero-order valence-corrected chi connectivity index (χ0v) is 13.2. The van der Waals surface area contributed by atoms with Crippen LogP contribution in [0.1, 0.15) is 56.2 Å². The average Bonchev–Trinajstić information content (AvgIpc) is 2.79. The van der Waals surface area contributed by atoms with E-state index in [-0.39, 0.29) is 11.8 Å². The van der Waals surface area contributed by atoms with Crippen molar-refractivity contribution in [2.75, 3.05) is 25.9 Å². The summed E-state index contributed by atoms with van der Waals surface area (Å²) in [5.41, 5.74) is 7.50. The van der Waals surface area contributed by atoms with E-state index in [1.54, 1.807) is 0 Å². The van der Waals surface area contributed by atoms with E-state index in [1.807, 2.05) is 13.8 Å². The second kappa shape index (κ2) is 7.28. The first-order valence-electron chi connectivity index (χ1n) is 7.20. The fourth-order valence-electron chi connectivity index (χ4n) is 1.94. The first kappa shape index (κ1) is 16.5. The molecule has 0 radical (unpaired) electrons. The van der Waals surface area contributed by atoms with Gasteiger partial charge in [0.15, 0.2) is 5.69 Å². The summed E-state index contributed by atoms with van der Waals surface area (Å²) in [6.07, 6.45) is 1.09. The second-order valence-corrected chi connectivity index (χ2v) is 5.55. The lowest BCUT2D eigenvalue weighted by Crippen LogP contribution is -2.37. The average molecular weight is 281 g/mol. The Morgan fingerprint density at radius 1 is 1.45 bits per heavy atom. The molecule has 20 heavy (non-hydrogen) atoms. The van der Waals surface area contributed by atoms with Gasteiger partial charge in [-0.1, -0.05) is 20.8 Å². The molecule has 1 heterocycles. The third kappa shape index (κ3) is 3.96. The minimum absolute atomic E-state index is 0.219. The van der Waals surface area contributed by atoms with Gasteiger partial charge in [0.25, 0.3) is 5.91 Å². The van der Waals surface area contributed by atoms with Gasteiger partial charge in [0.05, 0.1) is 11.4 Å². The van der Waals surface area contributed by atoms with Crippen LogP contribution in [0, 0.1) is 0 Å². The van der Waals surface area contributed by atoms with Crippen LogP contribution in [-0.4, -0.2) is 47.2 Å². The van der Waals surface area contributed by atoms with Gasteiger partial charge in [-0.2, -0.15) is 5.10 Å². The molecule has 4 N–H and O–H groups in total. The Morgan fingerprint density at radius 2 is 2.10 bits per heavy atom. The largest absolute Gasteiger partial charge is 0.395 e. The summed E-state index contributed by atoms with van der Waals surface area (Å²) in [5, 5.41) is 9.70. The minimum Gasteiger partial charge on any atom is -0.395 e. The number of nitrogens with two attached hydrogens (primary N) is 1. The number of aromatic amines is 1. The quantitative estimate of drug-likeness (QED) is 0.708.